The molecule has 0 saturated heterocycles. The SMILES string of the molecule is CC1(C)C=CC(=O)CSO1. The van der Waals surface area contributed by atoms with E-state index in [1.54, 1.807) is 12.2 Å². The van der Waals surface area contributed by atoms with Gasteiger partial charge in [0.15, 0.2) is 5.78 Å². The molecule has 1 aliphatic heterocycles. The normalized spacial score (nSPS) is 24.4. The van der Waals surface area contributed by atoms with Crippen LogP contribution >= 0.6 is 12.0 Å². The van der Waals surface area contributed by atoms with Gasteiger partial charge in [0.1, 0.15) is 0 Å². The van der Waals surface area contributed by atoms with Crippen LogP contribution in [-0.4, -0.2) is 17.1 Å². The van der Waals surface area contributed by atoms with E-state index in [1.165, 1.54) is 12.0 Å². The summed E-state index contributed by atoms with van der Waals surface area (Å²) in [5, 5.41) is 0. The molecule has 0 aromatic rings. The highest BCUT2D eigenvalue weighted by molar-refractivity contribution is 7.95. The highest BCUT2D eigenvalue weighted by Gasteiger charge is 2.18. The topological polar surface area (TPSA) is 26.3 Å². The first-order valence-electron chi connectivity index (χ1n) is 3.13. The lowest BCUT2D eigenvalue weighted by atomic mass is 10.1. The van der Waals surface area contributed by atoms with Gasteiger partial charge in [0, 0.05) is 12.0 Å². The van der Waals surface area contributed by atoms with Crippen molar-refractivity contribution < 1.29 is 8.98 Å². The zero-order valence-corrected chi connectivity index (χ0v) is 6.90. The minimum Gasteiger partial charge on any atom is -0.305 e. The van der Waals surface area contributed by atoms with Crippen LogP contribution in [0.15, 0.2) is 12.2 Å². The Kier molecular flexibility index (Phi) is 2.16. The number of allylic oxidation sites excluding steroid dienone is 1. The van der Waals surface area contributed by atoms with Gasteiger partial charge >= 0.3 is 0 Å². The first-order valence-corrected chi connectivity index (χ1v) is 4.04. The molecule has 0 aromatic carbocycles. The maximum absolute atomic E-state index is 10.8. The molecular formula is C7H10O2S. The summed E-state index contributed by atoms with van der Waals surface area (Å²) >= 11 is 1.22. The minimum absolute atomic E-state index is 0.121. The van der Waals surface area contributed by atoms with E-state index in [9.17, 15) is 4.79 Å². The van der Waals surface area contributed by atoms with E-state index < -0.39 is 0 Å². The molecule has 56 valence electrons. The molecule has 0 amide bonds. The fourth-order valence-corrected chi connectivity index (χ4v) is 1.24. The van der Waals surface area contributed by atoms with Crippen molar-refractivity contribution in [1.82, 2.24) is 0 Å². The number of hydrogen-bond acceptors (Lipinski definition) is 3. The average Bonchev–Trinajstić information content (AvgIpc) is 1.94. The van der Waals surface area contributed by atoms with Gasteiger partial charge in [-0.15, -0.1) is 0 Å². The fourth-order valence-electron chi connectivity index (χ4n) is 0.609. The Morgan fingerprint density at radius 1 is 1.70 bits per heavy atom. The van der Waals surface area contributed by atoms with E-state index in [1.807, 2.05) is 13.8 Å². The van der Waals surface area contributed by atoms with Crippen LogP contribution in [0.25, 0.3) is 0 Å². The van der Waals surface area contributed by atoms with Gasteiger partial charge in [0.25, 0.3) is 0 Å². The van der Waals surface area contributed by atoms with Crippen molar-refractivity contribution in [1.29, 1.82) is 0 Å². The standard InChI is InChI=1S/C7H10O2S/c1-7(2)4-3-6(8)5-10-9-7/h3-4H,5H2,1-2H3. The molecule has 0 fully saturated rings. The van der Waals surface area contributed by atoms with Gasteiger partial charge < -0.3 is 4.18 Å². The summed E-state index contributed by atoms with van der Waals surface area (Å²) < 4.78 is 5.27. The molecule has 0 bridgehead atoms. The molecule has 3 heteroatoms. The molecule has 1 aliphatic rings. The number of rotatable bonds is 0. The average molecular weight is 158 g/mol. The maximum Gasteiger partial charge on any atom is 0.167 e. The second kappa shape index (κ2) is 2.76. The van der Waals surface area contributed by atoms with Crippen LogP contribution in [0, 0.1) is 0 Å². The van der Waals surface area contributed by atoms with Crippen molar-refractivity contribution in [3.8, 4) is 0 Å². The van der Waals surface area contributed by atoms with Crippen molar-refractivity contribution in [2.45, 2.75) is 19.4 Å². The first kappa shape index (κ1) is 7.82. The largest absolute Gasteiger partial charge is 0.305 e. The molecule has 0 saturated carbocycles. The molecule has 0 spiro atoms. The summed E-state index contributed by atoms with van der Waals surface area (Å²) in [6, 6.07) is 0. The Bertz CT molecular complexity index is 172. The lowest BCUT2D eigenvalue weighted by Gasteiger charge is -2.16. The molecule has 0 N–H and O–H groups in total. The molecule has 10 heavy (non-hydrogen) atoms. The first-order chi connectivity index (χ1) is 4.60. The third-order valence-electron chi connectivity index (χ3n) is 1.15. The molecule has 0 aromatic heterocycles. The molecule has 0 unspecified atom stereocenters. The molecule has 1 heterocycles. The monoisotopic (exact) mass is 158 g/mol. The summed E-state index contributed by atoms with van der Waals surface area (Å²) in [4.78, 5) is 10.8. The van der Waals surface area contributed by atoms with Crippen LogP contribution in [0.1, 0.15) is 13.8 Å². The fraction of sp³-hybridized carbons (Fsp3) is 0.571. The van der Waals surface area contributed by atoms with Gasteiger partial charge in [-0.25, -0.2) is 0 Å². The van der Waals surface area contributed by atoms with Crippen LogP contribution in [0.4, 0.5) is 0 Å². The summed E-state index contributed by atoms with van der Waals surface area (Å²) in [6.07, 6.45) is 3.37. The van der Waals surface area contributed by atoms with Gasteiger partial charge in [0.05, 0.1) is 11.4 Å². The number of ketones is 1. The van der Waals surface area contributed by atoms with E-state index >= 15 is 0 Å². The van der Waals surface area contributed by atoms with Crippen molar-refractivity contribution >= 4 is 17.8 Å². The number of carbonyl (C=O) groups is 1. The predicted molar refractivity (Wildman–Crippen MR) is 41.8 cm³/mol. The van der Waals surface area contributed by atoms with Crippen LogP contribution in [0.2, 0.25) is 0 Å². The molecule has 2 nitrogen and oxygen atoms in total. The maximum atomic E-state index is 10.8. The quantitative estimate of drug-likeness (QED) is 0.500. The van der Waals surface area contributed by atoms with Crippen LogP contribution in [0.3, 0.4) is 0 Å². The van der Waals surface area contributed by atoms with Gasteiger partial charge in [-0.05, 0) is 26.0 Å². The van der Waals surface area contributed by atoms with E-state index in [0.717, 1.165) is 0 Å². The smallest absolute Gasteiger partial charge is 0.167 e. The van der Waals surface area contributed by atoms with Gasteiger partial charge in [0.2, 0.25) is 0 Å². The van der Waals surface area contributed by atoms with E-state index in [0.29, 0.717) is 5.75 Å². The molecular weight excluding hydrogens is 148 g/mol. The van der Waals surface area contributed by atoms with Crippen molar-refractivity contribution in [3.63, 3.8) is 0 Å². The Morgan fingerprint density at radius 2 is 2.40 bits per heavy atom. The Balaban J connectivity index is 2.68. The van der Waals surface area contributed by atoms with E-state index in [-0.39, 0.29) is 11.4 Å². The summed E-state index contributed by atoms with van der Waals surface area (Å²) in [6.45, 7) is 3.85. The number of carbonyl (C=O) groups excluding carboxylic acids is 1. The second-order valence-corrected chi connectivity index (χ2v) is 3.44. The molecule has 1 rings (SSSR count). The second-order valence-electron chi connectivity index (χ2n) is 2.75. The Hall–Kier alpha value is -0.280. The third-order valence-corrected chi connectivity index (χ3v) is 2.10. The highest BCUT2D eigenvalue weighted by atomic mass is 32.2. The van der Waals surface area contributed by atoms with Gasteiger partial charge in [-0.2, -0.15) is 0 Å². The summed E-state index contributed by atoms with van der Waals surface area (Å²) in [5.74, 6) is 0.551. The van der Waals surface area contributed by atoms with Crippen molar-refractivity contribution in [2.24, 2.45) is 0 Å². The molecule has 0 atom stereocenters. The lowest BCUT2D eigenvalue weighted by molar-refractivity contribution is -0.112. The third kappa shape index (κ3) is 2.15. The van der Waals surface area contributed by atoms with E-state index in [2.05, 4.69) is 0 Å². The van der Waals surface area contributed by atoms with Crippen LogP contribution in [0.5, 0.6) is 0 Å². The van der Waals surface area contributed by atoms with Gasteiger partial charge in [-0.3, -0.25) is 4.79 Å². The minimum atomic E-state index is -0.295. The number of hydrogen-bond donors (Lipinski definition) is 0. The molecule has 0 aliphatic carbocycles. The highest BCUT2D eigenvalue weighted by Crippen LogP contribution is 2.22. The van der Waals surface area contributed by atoms with Crippen LogP contribution < -0.4 is 0 Å². The zero-order valence-electron chi connectivity index (χ0n) is 6.09. The van der Waals surface area contributed by atoms with Crippen molar-refractivity contribution in [2.75, 3.05) is 5.75 Å². The van der Waals surface area contributed by atoms with Crippen molar-refractivity contribution in [3.05, 3.63) is 12.2 Å². The molecule has 0 radical (unpaired) electrons. The summed E-state index contributed by atoms with van der Waals surface area (Å²) in [7, 11) is 0. The zero-order chi connectivity index (χ0) is 7.61. The lowest BCUT2D eigenvalue weighted by Crippen LogP contribution is -2.16. The summed E-state index contributed by atoms with van der Waals surface area (Å²) in [5.41, 5.74) is -0.295. The van der Waals surface area contributed by atoms with E-state index in [4.69, 9.17) is 4.18 Å². The Morgan fingerprint density at radius 3 is 3.10 bits per heavy atom. The predicted octanol–water partition coefficient (Wildman–Crippen LogP) is 1.57. The van der Waals surface area contributed by atoms with Crippen LogP contribution in [-0.2, 0) is 8.98 Å². The van der Waals surface area contributed by atoms with Gasteiger partial charge in [-0.1, -0.05) is 0 Å². The Labute approximate surface area is 64.8 Å².